The molecule has 1 heterocycles. The minimum absolute atomic E-state index is 0. The third-order valence-electron chi connectivity index (χ3n) is 2.53. The normalized spacial score (nSPS) is 17.6. The van der Waals surface area contributed by atoms with Crippen molar-refractivity contribution in [2.24, 2.45) is 5.73 Å². The molecule has 0 saturated carbocycles. The summed E-state index contributed by atoms with van der Waals surface area (Å²) >= 11 is 7.49. The van der Waals surface area contributed by atoms with Crippen LogP contribution in [0.2, 0.25) is 5.02 Å². The van der Waals surface area contributed by atoms with Gasteiger partial charge in [0.25, 0.3) is 0 Å². The second kappa shape index (κ2) is 7.00. The lowest BCUT2D eigenvalue weighted by molar-refractivity contribution is -0.117. The number of carbonyl (C=O) groups is 2. The fraction of sp³-hybridized carbons (Fsp3) is 0.273. The van der Waals surface area contributed by atoms with Crippen LogP contribution in [0, 0.1) is 0 Å². The van der Waals surface area contributed by atoms with Gasteiger partial charge in [0.1, 0.15) is 0 Å². The van der Waals surface area contributed by atoms with E-state index in [-0.39, 0.29) is 34.9 Å². The van der Waals surface area contributed by atoms with E-state index >= 15 is 0 Å². The van der Waals surface area contributed by atoms with Gasteiger partial charge in [-0.15, -0.1) is 24.2 Å². The molecule has 4 N–H and O–H groups in total. The molecule has 0 bridgehead atoms. The lowest BCUT2D eigenvalue weighted by atomic mass is 10.2. The zero-order valence-corrected chi connectivity index (χ0v) is 12.2. The number of benzene rings is 1. The average Bonchev–Trinajstić information content (AvgIpc) is 2.85. The molecule has 2 rings (SSSR count). The van der Waals surface area contributed by atoms with Gasteiger partial charge in [-0.1, -0.05) is 11.6 Å². The van der Waals surface area contributed by atoms with E-state index in [9.17, 15) is 9.59 Å². The van der Waals surface area contributed by atoms with Crippen molar-refractivity contribution in [1.29, 1.82) is 0 Å². The predicted octanol–water partition coefficient (Wildman–Crippen LogP) is 1.46. The molecule has 1 aromatic rings. The lowest BCUT2D eigenvalue weighted by Gasteiger charge is -2.11. The molecule has 0 radical (unpaired) electrons. The molecule has 5 nitrogen and oxygen atoms in total. The predicted molar refractivity (Wildman–Crippen MR) is 80.1 cm³/mol. The molecule has 0 aromatic heterocycles. The van der Waals surface area contributed by atoms with Crippen LogP contribution in [0.5, 0.6) is 0 Å². The van der Waals surface area contributed by atoms with Gasteiger partial charge < -0.3 is 11.1 Å². The Balaban J connectivity index is 0.00000180. The van der Waals surface area contributed by atoms with Gasteiger partial charge in [-0.25, -0.2) is 0 Å². The minimum atomic E-state index is -0.620. The van der Waals surface area contributed by atoms with Gasteiger partial charge in [0.05, 0.1) is 16.6 Å². The Hall–Kier alpha value is -0.950. The Kier molecular flexibility index (Phi) is 5.93. The van der Waals surface area contributed by atoms with Crippen LogP contribution in [0.1, 0.15) is 10.4 Å². The van der Waals surface area contributed by atoms with Crippen LogP contribution in [0.15, 0.2) is 18.2 Å². The molecule has 0 spiro atoms. The highest BCUT2D eigenvalue weighted by Gasteiger charge is 2.22. The van der Waals surface area contributed by atoms with Crippen molar-refractivity contribution in [3.63, 3.8) is 0 Å². The van der Waals surface area contributed by atoms with Crippen molar-refractivity contribution in [3.05, 3.63) is 28.8 Å². The number of nitrogens with two attached hydrogens (primary N) is 1. The van der Waals surface area contributed by atoms with Crippen LogP contribution >= 0.6 is 35.8 Å². The highest BCUT2D eigenvalue weighted by molar-refractivity contribution is 7.99. The van der Waals surface area contributed by atoms with Crippen LogP contribution in [0.3, 0.4) is 0 Å². The molecule has 8 heteroatoms. The number of nitrogens with one attached hydrogen (secondary N) is 2. The van der Waals surface area contributed by atoms with Crippen LogP contribution in [0.4, 0.5) is 5.69 Å². The molecule has 1 aliphatic rings. The van der Waals surface area contributed by atoms with Gasteiger partial charge in [-0.3, -0.25) is 14.9 Å². The van der Waals surface area contributed by atoms with E-state index in [0.29, 0.717) is 5.69 Å². The van der Waals surface area contributed by atoms with Crippen molar-refractivity contribution in [2.45, 2.75) is 6.04 Å². The Morgan fingerprint density at radius 1 is 1.47 bits per heavy atom. The number of hydrogen-bond acceptors (Lipinski definition) is 4. The van der Waals surface area contributed by atoms with E-state index in [4.69, 9.17) is 17.3 Å². The summed E-state index contributed by atoms with van der Waals surface area (Å²) in [5, 5.41) is 6.06. The number of halogens is 2. The maximum Gasteiger partial charge on any atom is 0.250 e. The SMILES string of the molecule is Cl.NC(=O)c1cc(NC(=O)C2CSCN2)ccc1Cl. The molecule has 104 valence electrons. The summed E-state index contributed by atoms with van der Waals surface area (Å²) < 4.78 is 0. The van der Waals surface area contributed by atoms with Crippen molar-refractivity contribution >= 4 is 53.3 Å². The third-order valence-corrected chi connectivity index (χ3v) is 3.80. The van der Waals surface area contributed by atoms with Crippen molar-refractivity contribution in [2.75, 3.05) is 16.9 Å². The fourth-order valence-corrected chi connectivity index (χ4v) is 2.74. The molecular formula is C11H13Cl2N3O2S. The Morgan fingerprint density at radius 3 is 2.79 bits per heavy atom. The summed E-state index contributed by atoms with van der Waals surface area (Å²) in [5.74, 6) is 0.760. The van der Waals surface area contributed by atoms with E-state index in [0.717, 1.165) is 11.6 Å². The number of anilines is 1. The van der Waals surface area contributed by atoms with Crippen LogP contribution in [0.25, 0.3) is 0 Å². The maximum absolute atomic E-state index is 11.8. The molecule has 1 fully saturated rings. The van der Waals surface area contributed by atoms with Crippen LogP contribution in [-0.4, -0.2) is 29.5 Å². The zero-order valence-electron chi connectivity index (χ0n) is 9.81. The van der Waals surface area contributed by atoms with Gasteiger partial charge in [-0.05, 0) is 18.2 Å². The molecule has 1 aromatic carbocycles. The molecule has 19 heavy (non-hydrogen) atoms. The third kappa shape index (κ3) is 4.01. The molecule has 1 saturated heterocycles. The summed E-state index contributed by atoms with van der Waals surface area (Å²) in [7, 11) is 0. The van der Waals surface area contributed by atoms with Gasteiger partial charge in [-0.2, -0.15) is 0 Å². The highest BCUT2D eigenvalue weighted by Crippen LogP contribution is 2.20. The first kappa shape index (κ1) is 16.1. The Labute approximate surface area is 126 Å². The number of rotatable bonds is 3. The molecule has 1 unspecified atom stereocenters. The standard InChI is InChI=1S/C11H12ClN3O2S.ClH/c12-8-2-1-6(3-7(8)10(13)16)15-11(17)9-4-18-5-14-9;/h1-3,9,14H,4-5H2,(H2,13,16)(H,15,17);1H. The number of carbonyl (C=O) groups excluding carboxylic acids is 2. The second-order valence-electron chi connectivity index (χ2n) is 3.82. The van der Waals surface area contributed by atoms with Gasteiger partial charge in [0.15, 0.2) is 0 Å². The minimum Gasteiger partial charge on any atom is -0.366 e. The topological polar surface area (TPSA) is 84.2 Å². The lowest BCUT2D eigenvalue weighted by Crippen LogP contribution is -2.37. The van der Waals surface area contributed by atoms with Crippen LogP contribution < -0.4 is 16.4 Å². The van der Waals surface area contributed by atoms with Crippen molar-refractivity contribution in [3.8, 4) is 0 Å². The first-order valence-corrected chi connectivity index (χ1v) is 6.82. The molecular weight excluding hydrogens is 309 g/mol. The molecule has 1 aliphatic heterocycles. The number of hydrogen-bond donors (Lipinski definition) is 3. The first-order chi connectivity index (χ1) is 8.58. The van der Waals surface area contributed by atoms with Gasteiger partial charge in [0, 0.05) is 17.3 Å². The first-order valence-electron chi connectivity index (χ1n) is 5.29. The molecule has 2 amide bonds. The summed E-state index contributed by atoms with van der Waals surface area (Å²) in [6.07, 6.45) is 0. The quantitative estimate of drug-likeness (QED) is 0.787. The fourth-order valence-electron chi connectivity index (χ4n) is 1.58. The largest absolute Gasteiger partial charge is 0.366 e. The highest BCUT2D eigenvalue weighted by atomic mass is 35.5. The Bertz CT molecular complexity index is 493. The van der Waals surface area contributed by atoms with Gasteiger partial charge >= 0.3 is 0 Å². The summed E-state index contributed by atoms with van der Waals surface area (Å²) in [6.45, 7) is 0. The molecule has 1 atom stereocenters. The summed E-state index contributed by atoms with van der Waals surface area (Å²) in [6, 6.07) is 4.44. The number of primary amides is 1. The second-order valence-corrected chi connectivity index (χ2v) is 5.26. The maximum atomic E-state index is 11.8. The monoisotopic (exact) mass is 321 g/mol. The number of thioether (sulfide) groups is 1. The van der Waals surface area contributed by atoms with E-state index in [1.165, 1.54) is 12.1 Å². The smallest absolute Gasteiger partial charge is 0.250 e. The number of amides is 2. The summed E-state index contributed by atoms with van der Waals surface area (Å²) in [4.78, 5) is 23.0. The average molecular weight is 322 g/mol. The summed E-state index contributed by atoms with van der Waals surface area (Å²) in [5.41, 5.74) is 5.89. The van der Waals surface area contributed by atoms with Crippen molar-refractivity contribution in [1.82, 2.24) is 5.32 Å². The van der Waals surface area contributed by atoms with Crippen molar-refractivity contribution < 1.29 is 9.59 Å². The molecule has 0 aliphatic carbocycles. The van der Waals surface area contributed by atoms with E-state index in [2.05, 4.69) is 10.6 Å². The van der Waals surface area contributed by atoms with Crippen LogP contribution in [-0.2, 0) is 4.79 Å². The van der Waals surface area contributed by atoms with E-state index < -0.39 is 5.91 Å². The van der Waals surface area contributed by atoms with Gasteiger partial charge in [0.2, 0.25) is 11.8 Å². The van der Waals surface area contributed by atoms with E-state index in [1.54, 1.807) is 17.8 Å². The zero-order chi connectivity index (χ0) is 13.1. The Morgan fingerprint density at radius 2 is 2.21 bits per heavy atom. The van der Waals surface area contributed by atoms with E-state index in [1.807, 2.05) is 0 Å².